The van der Waals surface area contributed by atoms with Crippen molar-refractivity contribution in [2.75, 3.05) is 7.11 Å². The lowest BCUT2D eigenvalue weighted by Crippen LogP contribution is -2.41. The number of benzene rings is 2. The molecule has 0 aliphatic carbocycles. The number of allylic oxidation sites excluding steroid dienone is 1. The van der Waals surface area contributed by atoms with Crippen molar-refractivity contribution in [3.63, 3.8) is 0 Å². The van der Waals surface area contributed by atoms with E-state index in [0.717, 1.165) is 5.56 Å². The lowest BCUT2D eigenvalue weighted by molar-refractivity contribution is -0.138. The number of hydrogen-bond donors (Lipinski definition) is 1. The van der Waals surface area contributed by atoms with Gasteiger partial charge in [-0.25, -0.2) is 8.42 Å². The molecule has 25 heavy (non-hydrogen) atoms. The number of sulfone groups is 1. The summed E-state index contributed by atoms with van der Waals surface area (Å²) in [5.41, 5.74) is 0.966. The van der Waals surface area contributed by atoms with Crippen LogP contribution in [0.15, 0.2) is 71.6 Å². The molecule has 1 N–H and O–H groups in total. The first-order valence-corrected chi connectivity index (χ1v) is 9.13. The van der Waals surface area contributed by atoms with Gasteiger partial charge in [0.2, 0.25) is 0 Å². The van der Waals surface area contributed by atoms with Crippen molar-refractivity contribution in [3.8, 4) is 5.75 Å². The largest absolute Gasteiger partial charge is 0.497 e. The molecule has 2 aromatic carbocycles. The van der Waals surface area contributed by atoms with Gasteiger partial charge >= 0.3 is 5.97 Å². The van der Waals surface area contributed by atoms with Crippen LogP contribution in [0.5, 0.6) is 5.75 Å². The first-order chi connectivity index (χ1) is 11.8. The van der Waals surface area contributed by atoms with Crippen molar-refractivity contribution in [1.82, 2.24) is 0 Å². The van der Waals surface area contributed by atoms with E-state index < -0.39 is 20.6 Å². The predicted octanol–water partition coefficient (Wildman–Crippen LogP) is 3.11. The Kier molecular flexibility index (Phi) is 5.64. The molecule has 0 spiro atoms. The zero-order valence-corrected chi connectivity index (χ0v) is 14.9. The summed E-state index contributed by atoms with van der Waals surface area (Å²) in [5.74, 6) is -0.928. The van der Waals surface area contributed by atoms with Gasteiger partial charge < -0.3 is 9.84 Å². The molecular weight excluding hydrogens is 340 g/mol. The summed E-state index contributed by atoms with van der Waals surface area (Å²) < 4.78 is 28.7. The van der Waals surface area contributed by atoms with E-state index in [1.807, 2.05) is 30.3 Å². The average Bonchev–Trinajstić information content (AvgIpc) is 2.62. The van der Waals surface area contributed by atoms with Crippen LogP contribution >= 0.6 is 0 Å². The van der Waals surface area contributed by atoms with Gasteiger partial charge in [-0.1, -0.05) is 42.5 Å². The quantitative estimate of drug-likeness (QED) is 0.768. The Hall–Kier alpha value is -2.60. The van der Waals surface area contributed by atoms with Crippen molar-refractivity contribution in [1.29, 1.82) is 0 Å². The highest BCUT2D eigenvalue weighted by atomic mass is 32.2. The summed E-state index contributed by atoms with van der Waals surface area (Å²) >= 11 is 0. The normalized spacial score (nSPS) is 14.2. The van der Waals surface area contributed by atoms with E-state index in [9.17, 15) is 18.3 Å². The van der Waals surface area contributed by atoms with Crippen LogP contribution < -0.4 is 4.74 Å². The minimum absolute atomic E-state index is 0.0671. The van der Waals surface area contributed by atoms with Gasteiger partial charge in [-0.3, -0.25) is 4.79 Å². The summed E-state index contributed by atoms with van der Waals surface area (Å²) in [5, 5.41) is 9.57. The van der Waals surface area contributed by atoms with Crippen LogP contribution in [-0.2, 0) is 21.1 Å². The number of aliphatic carboxylic acids is 1. The van der Waals surface area contributed by atoms with Crippen molar-refractivity contribution in [2.45, 2.75) is 23.0 Å². The Bertz CT molecular complexity index is 854. The van der Waals surface area contributed by atoms with Crippen molar-refractivity contribution in [2.24, 2.45) is 0 Å². The summed E-state index contributed by atoms with van der Waals surface area (Å²) in [6.45, 7) is 1.19. The Labute approximate surface area is 147 Å². The SMILES string of the molecule is COc1ccc(S(=O)(=O)[C@](C)(/C=C/Cc2ccccc2)C(=O)O)cc1. The van der Waals surface area contributed by atoms with Gasteiger partial charge in [-0.2, -0.15) is 0 Å². The highest BCUT2D eigenvalue weighted by Gasteiger charge is 2.45. The van der Waals surface area contributed by atoms with Gasteiger partial charge in [-0.15, -0.1) is 0 Å². The van der Waals surface area contributed by atoms with Crippen LogP contribution in [0.3, 0.4) is 0 Å². The van der Waals surface area contributed by atoms with Gasteiger partial charge in [0.15, 0.2) is 14.6 Å². The third-order valence-electron chi connectivity index (χ3n) is 3.98. The Morgan fingerprint density at radius 2 is 1.72 bits per heavy atom. The third kappa shape index (κ3) is 3.91. The minimum atomic E-state index is -4.12. The minimum Gasteiger partial charge on any atom is -0.497 e. The molecule has 2 rings (SSSR count). The molecule has 0 radical (unpaired) electrons. The van der Waals surface area contributed by atoms with E-state index in [-0.39, 0.29) is 4.90 Å². The van der Waals surface area contributed by atoms with E-state index in [1.54, 1.807) is 6.08 Å². The smallest absolute Gasteiger partial charge is 0.329 e. The Balaban J connectivity index is 2.34. The number of carbonyl (C=O) groups is 1. The van der Waals surface area contributed by atoms with Crippen LogP contribution in [-0.4, -0.2) is 31.4 Å². The number of ether oxygens (including phenoxy) is 1. The fourth-order valence-electron chi connectivity index (χ4n) is 2.31. The molecule has 0 unspecified atom stereocenters. The molecule has 0 aliphatic rings. The van der Waals surface area contributed by atoms with E-state index in [4.69, 9.17) is 4.74 Å². The standard InChI is InChI=1S/C19H20O5S/c1-19(18(20)21,14-6-9-15-7-4-3-5-8-15)25(22,23)17-12-10-16(24-2)11-13-17/h3-8,10-14H,9H2,1-2H3,(H,20,21)/b14-6+/t19-/m1/s1. The first-order valence-electron chi connectivity index (χ1n) is 7.65. The molecule has 132 valence electrons. The summed E-state index contributed by atoms with van der Waals surface area (Å²) in [6.07, 6.45) is 3.26. The van der Waals surface area contributed by atoms with Gasteiger partial charge in [0.05, 0.1) is 12.0 Å². The molecule has 0 saturated heterocycles. The predicted molar refractivity (Wildman–Crippen MR) is 95.5 cm³/mol. The lowest BCUT2D eigenvalue weighted by Gasteiger charge is -2.21. The highest BCUT2D eigenvalue weighted by molar-refractivity contribution is 7.93. The molecule has 0 heterocycles. The molecule has 0 bridgehead atoms. The van der Waals surface area contributed by atoms with Crippen molar-refractivity contribution >= 4 is 15.8 Å². The zero-order valence-electron chi connectivity index (χ0n) is 14.0. The number of carboxylic acids is 1. The third-order valence-corrected chi connectivity index (χ3v) is 6.30. The number of carboxylic acid groups (broad SMARTS) is 1. The molecule has 0 aromatic heterocycles. The number of rotatable bonds is 7. The maximum Gasteiger partial charge on any atom is 0.329 e. The van der Waals surface area contributed by atoms with Crippen LogP contribution in [0.25, 0.3) is 0 Å². The van der Waals surface area contributed by atoms with Crippen LogP contribution in [0, 0.1) is 0 Å². The van der Waals surface area contributed by atoms with Crippen molar-refractivity contribution < 1.29 is 23.1 Å². The molecule has 1 atom stereocenters. The molecule has 0 fully saturated rings. The summed E-state index contributed by atoms with van der Waals surface area (Å²) in [7, 11) is -2.65. The molecule has 5 nitrogen and oxygen atoms in total. The maximum absolute atomic E-state index is 12.9. The van der Waals surface area contributed by atoms with Crippen LogP contribution in [0.4, 0.5) is 0 Å². The van der Waals surface area contributed by atoms with E-state index in [1.165, 1.54) is 44.4 Å². The molecule has 2 aromatic rings. The average molecular weight is 360 g/mol. The Morgan fingerprint density at radius 3 is 2.24 bits per heavy atom. The molecule has 0 amide bonds. The first kappa shape index (κ1) is 18.7. The van der Waals surface area contributed by atoms with E-state index >= 15 is 0 Å². The van der Waals surface area contributed by atoms with E-state index in [0.29, 0.717) is 12.2 Å². The second-order valence-electron chi connectivity index (χ2n) is 5.68. The second kappa shape index (κ2) is 7.53. The fourth-order valence-corrected chi connectivity index (χ4v) is 3.80. The van der Waals surface area contributed by atoms with Gasteiger partial charge in [0.1, 0.15) is 5.75 Å². The monoisotopic (exact) mass is 360 g/mol. The molecule has 0 saturated carbocycles. The highest BCUT2D eigenvalue weighted by Crippen LogP contribution is 2.29. The van der Waals surface area contributed by atoms with E-state index in [2.05, 4.69) is 0 Å². The van der Waals surface area contributed by atoms with Gasteiger partial charge in [-0.05, 0) is 43.2 Å². The number of methoxy groups -OCH3 is 1. The van der Waals surface area contributed by atoms with Crippen LogP contribution in [0.2, 0.25) is 0 Å². The zero-order chi connectivity index (χ0) is 18.5. The molecule has 0 aliphatic heterocycles. The maximum atomic E-state index is 12.9. The number of hydrogen-bond acceptors (Lipinski definition) is 4. The van der Waals surface area contributed by atoms with Gasteiger partial charge in [0.25, 0.3) is 0 Å². The Morgan fingerprint density at radius 1 is 1.12 bits per heavy atom. The molecular formula is C19H20O5S. The lowest BCUT2D eigenvalue weighted by atomic mass is 10.1. The summed E-state index contributed by atoms with van der Waals surface area (Å²) in [4.78, 5) is 11.7. The van der Waals surface area contributed by atoms with Gasteiger partial charge in [0, 0.05) is 0 Å². The topological polar surface area (TPSA) is 80.7 Å². The van der Waals surface area contributed by atoms with Crippen molar-refractivity contribution in [3.05, 3.63) is 72.3 Å². The van der Waals surface area contributed by atoms with Crippen LogP contribution in [0.1, 0.15) is 12.5 Å². The fraction of sp³-hybridized carbons (Fsp3) is 0.211. The molecule has 6 heteroatoms. The summed E-state index contributed by atoms with van der Waals surface area (Å²) in [6, 6.07) is 15.1. The second-order valence-corrected chi connectivity index (χ2v) is 8.01.